The summed E-state index contributed by atoms with van der Waals surface area (Å²) in [4.78, 5) is 0. The zero-order valence-electron chi connectivity index (χ0n) is 11.7. The van der Waals surface area contributed by atoms with E-state index in [0.717, 1.165) is 6.42 Å². The predicted octanol–water partition coefficient (Wildman–Crippen LogP) is 3.75. The van der Waals surface area contributed by atoms with E-state index in [-0.39, 0.29) is 40.6 Å². The average Bonchev–Trinajstić information content (AvgIpc) is 2.21. The SMILES string of the molecule is CCCCCCCc1ccc(O)cc1.[Ca+2].[H-].[H-]. The standard InChI is InChI=1S/C13H20O.Ca.2H/c1-2-3-4-5-6-7-12-8-10-13(14)11-9-12;;;/h8-11,14H,2-7H2,1H3;;;/q;+2;2*-1. The summed E-state index contributed by atoms with van der Waals surface area (Å²) in [7, 11) is 0. The fraction of sp³-hybridized carbons (Fsp3) is 0.538. The molecule has 0 amide bonds. The van der Waals surface area contributed by atoms with E-state index in [1.54, 1.807) is 12.1 Å². The second-order valence-corrected chi connectivity index (χ2v) is 3.83. The molecule has 0 aliphatic carbocycles. The van der Waals surface area contributed by atoms with Crippen molar-refractivity contribution < 1.29 is 7.96 Å². The van der Waals surface area contributed by atoms with Crippen LogP contribution in [0.25, 0.3) is 0 Å². The quantitative estimate of drug-likeness (QED) is 0.587. The maximum atomic E-state index is 9.10. The van der Waals surface area contributed by atoms with Crippen LogP contribution >= 0.6 is 0 Å². The van der Waals surface area contributed by atoms with Gasteiger partial charge in [-0.1, -0.05) is 44.7 Å². The maximum absolute atomic E-state index is 9.10. The molecule has 0 atom stereocenters. The number of rotatable bonds is 6. The smallest absolute Gasteiger partial charge is 1.00 e. The summed E-state index contributed by atoms with van der Waals surface area (Å²) in [6.07, 6.45) is 7.76. The molecular formula is C13H22CaO. The number of hydrogen-bond acceptors (Lipinski definition) is 1. The molecule has 0 unspecified atom stereocenters. The Morgan fingerprint density at radius 3 is 2.20 bits per heavy atom. The summed E-state index contributed by atoms with van der Waals surface area (Å²) in [5, 5.41) is 9.10. The second kappa shape index (κ2) is 9.50. The van der Waals surface area contributed by atoms with E-state index in [1.165, 1.54) is 37.7 Å². The first-order chi connectivity index (χ1) is 6.83. The number of unbranched alkanes of at least 4 members (excludes halogenated alkanes) is 4. The molecule has 0 bridgehead atoms. The van der Waals surface area contributed by atoms with Gasteiger partial charge in [-0.15, -0.1) is 0 Å². The summed E-state index contributed by atoms with van der Waals surface area (Å²) in [5.41, 5.74) is 1.33. The molecule has 1 rings (SSSR count). The largest absolute Gasteiger partial charge is 2.00 e. The van der Waals surface area contributed by atoms with Crippen molar-refractivity contribution in [2.45, 2.75) is 45.4 Å². The molecule has 0 aromatic heterocycles. The van der Waals surface area contributed by atoms with E-state index in [4.69, 9.17) is 5.11 Å². The van der Waals surface area contributed by atoms with E-state index in [1.807, 2.05) is 12.1 Å². The first-order valence-corrected chi connectivity index (χ1v) is 5.61. The first kappa shape index (κ1) is 15.3. The van der Waals surface area contributed by atoms with Crippen molar-refractivity contribution in [2.75, 3.05) is 0 Å². The molecule has 1 aromatic rings. The Balaban J connectivity index is -0.000000653. The van der Waals surface area contributed by atoms with Gasteiger partial charge in [0.1, 0.15) is 5.75 Å². The Morgan fingerprint density at radius 2 is 1.60 bits per heavy atom. The van der Waals surface area contributed by atoms with Gasteiger partial charge in [0.05, 0.1) is 0 Å². The van der Waals surface area contributed by atoms with Crippen LogP contribution in [0.2, 0.25) is 0 Å². The fourth-order valence-corrected chi connectivity index (χ4v) is 1.60. The Kier molecular flexibility index (Phi) is 9.68. The van der Waals surface area contributed by atoms with Crippen LogP contribution < -0.4 is 0 Å². The van der Waals surface area contributed by atoms with Crippen LogP contribution in [0.15, 0.2) is 24.3 Å². The van der Waals surface area contributed by atoms with Crippen LogP contribution in [-0.2, 0) is 6.42 Å². The first-order valence-electron chi connectivity index (χ1n) is 5.61. The molecular weight excluding hydrogens is 212 g/mol. The van der Waals surface area contributed by atoms with Gasteiger partial charge in [-0.25, -0.2) is 0 Å². The summed E-state index contributed by atoms with van der Waals surface area (Å²) >= 11 is 0. The van der Waals surface area contributed by atoms with Crippen molar-refractivity contribution in [3.63, 3.8) is 0 Å². The van der Waals surface area contributed by atoms with Crippen LogP contribution in [-0.4, -0.2) is 42.8 Å². The second-order valence-electron chi connectivity index (χ2n) is 3.83. The normalized spacial score (nSPS) is 9.67. The van der Waals surface area contributed by atoms with Crippen molar-refractivity contribution in [2.24, 2.45) is 0 Å². The van der Waals surface area contributed by atoms with Crippen molar-refractivity contribution in [3.05, 3.63) is 29.8 Å². The summed E-state index contributed by atoms with van der Waals surface area (Å²) < 4.78 is 0. The van der Waals surface area contributed by atoms with Gasteiger partial charge in [0.15, 0.2) is 0 Å². The molecule has 1 N–H and O–H groups in total. The van der Waals surface area contributed by atoms with Gasteiger partial charge >= 0.3 is 37.7 Å². The molecule has 0 aliphatic rings. The predicted molar refractivity (Wildman–Crippen MR) is 68.5 cm³/mol. The Morgan fingerprint density at radius 1 is 1.00 bits per heavy atom. The van der Waals surface area contributed by atoms with Crippen LogP contribution in [0.4, 0.5) is 0 Å². The van der Waals surface area contributed by atoms with Gasteiger partial charge in [0, 0.05) is 0 Å². The third-order valence-corrected chi connectivity index (χ3v) is 2.51. The van der Waals surface area contributed by atoms with Gasteiger partial charge in [-0.2, -0.15) is 0 Å². The van der Waals surface area contributed by atoms with Crippen molar-refractivity contribution in [1.82, 2.24) is 0 Å². The maximum Gasteiger partial charge on any atom is 2.00 e. The summed E-state index contributed by atoms with van der Waals surface area (Å²) in [5.74, 6) is 0.361. The Hall–Kier alpha value is 0.280. The van der Waals surface area contributed by atoms with Gasteiger partial charge < -0.3 is 7.96 Å². The number of hydrogen-bond donors (Lipinski definition) is 1. The Labute approximate surface area is 126 Å². The molecule has 0 aliphatic heterocycles. The average molecular weight is 234 g/mol. The van der Waals surface area contributed by atoms with E-state index in [0.29, 0.717) is 5.75 Å². The van der Waals surface area contributed by atoms with Gasteiger partial charge in [-0.3, -0.25) is 0 Å². The molecule has 15 heavy (non-hydrogen) atoms. The summed E-state index contributed by atoms with van der Waals surface area (Å²) in [6, 6.07) is 7.55. The minimum atomic E-state index is 0. The number of aryl methyl sites for hydroxylation is 1. The molecule has 1 nitrogen and oxygen atoms in total. The number of phenols is 1. The molecule has 0 fully saturated rings. The minimum absolute atomic E-state index is 0. The van der Waals surface area contributed by atoms with E-state index in [2.05, 4.69) is 6.92 Å². The fourth-order valence-electron chi connectivity index (χ4n) is 1.60. The van der Waals surface area contributed by atoms with Crippen LogP contribution in [0, 0.1) is 0 Å². The zero-order valence-corrected chi connectivity index (χ0v) is 11.9. The molecule has 0 saturated heterocycles. The zero-order chi connectivity index (χ0) is 10.2. The van der Waals surface area contributed by atoms with Crippen LogP contribution in [0.1, 0.15) is 47.4 Å². The van der Waals surface area contributed by atoms with Crippen molar-refractivity contribution >= 4 is 37.7 Å². The van der Waals surface area contributed by atoms with Crippen LogP contribution in [0.5, 0.6) is 5.75 Å². The Bertz CT molecular complexity index is 252. The van der Waals surface area contributed by atoms with E-state index in [9.17, 15) is 0 Å². The number of aromatic hydroxyl groups is 1. The molecule has 2 heteroatoms. The van der Waals surface area contributed by atoms with Crippen LogP contribution in [0.3, 0.4) is 0 Å². The summed E-state index contributed by atoms with van der Waals surface area (Å²) in [6.45, 7) is 2.24. The van der Waals surface area contributed by atoms with Gasteiger partial charge in [0.2, 0.25) is 0 Å². The van der Waals surface area contributed by atoms with Gasteiger partial charge in [-0.05, 0) is 30.5 Å². The van der Waals surface area contributed by atoms with Crippen molar-refractivity contribution in [3.8, 4) is 5.75 Å². The van der Waals surface area contributed by atoms with E-state index >= 15 is 0 Å². The number of phenolic OH excluding ortho intramolecular Hbond substituents is 1. The molecule has 0 saturated carbocycles. The topological polar surface area (TPSA) is 20.2 Å². The monoisotopic (exact) mass is 234 g/mol. The number of benzene rings is 1. The van der Waals surface area contributed by atoms with Gasteiger partial charge in [0.25, 0.3) is 0 Å². The third kappa shape index (κ3) is 7.21. The molecule has 1 aromatic carbocycles. The minimum Gasteiger partial charge on any atom is -1.00 e. The van der Waals surface area contributed by atoms with E-state index < -0.39 is 0 Å². The molecule has 0 heterocycles. The molecule has 0 spiro atoms. The molecule has 82 valence electrons. The molecule has 0 radical (unpaired) electrons. The van der Waals surface area contributed by atoms with Crippen molar-refractivity contribution in [1.29, 1.82) is 0 Å². The third-order valence-electron chi connectivity index (χ3n) is 2.51.